The van der Waals surface area contributed by atoms with Crippen LogP contribution in [0.4, 0.5) is 4.79 Å². The highest BCUT2D eigenvalue weighted by Crippen LogP contribution is 2.19. The van der Waals surface area contributed by atoms with Gasteiger partial charge in [-0.05, 0) is 37.0 Å². The van der Waals surface area contributed by atoms with Gasteiger partial charge in [-0.25, -0.2) is 13.2 Å². The number of hydrogen-bond donors (Lipinski definition) is 1. The molecule has 0 aliphatic carbocycles. The van der Waals surface area contributed by atoms with Gasteiger partial charge in [0.05, 0.1) is 12.0 Å². The maximum atomic E-state index is 13.0. The molecule has 1 atom stereocenters. The van der Waals surface area contributed by atoms with Crippen molar-refractivity contribution in [3.63, 3.8) is 0 Å². The molecule has 0 saturated carbocycles. The zero-order valence-electron chi connectivity index (χ0n) is 16.2. The fourth-order valence-corrected chi connectivity index (χ4v) is 4.27. The van der Waals surface area contributed by atoms with E-state index in [9.17, 15) is 18.0 Å². The third-order valence-electron chi connectivity index (χ3n) is 4.26. The summed E-state index contributed by atoms with van der Waals surface area (Å²) < 4.78 is 35.7. The van der Waals surface area contributed by atoms with E-state index in [1.54, 1.807) is 30.3 Å². The molecule has 0 spiro atoms. The summed E-state index contributed by atoms with van der Waals surface area (Å²) in [5.41, 5.74) is 0.795. The number of sulfone groups is 1. The Hall–Kier alpha value is -2.87. The Kier molecular flexibility index (Phi) is 8.67. The molecule has 0 heterocycles. The van der Waals surface area contributed by atoms with E-state index in [1.165, 1.54) is 19.2 Å². The summed E-state index contributed by atoms with van der Waals surface area (Å²) in [6, 6.07) is 17.0. The summed E-state index contributed by atoms with van der Waals surface area (Å²) in [5, 5.41) is 1.30. The van der Waals surface area contributed by atoms with Crippen LogP contribution in [-0.4, -0.2) is 33.0 Å². The third kappa shape index (κ3) is 7.23. The molecule has 1 amide bonds. The Labute approximate surface area is 170 Å². The normalized spacial score (nSPS) is 12.0. The number of hydrogen-bond acceptors (Lipinski definition) is 6. The number of amides is 1. The first-order chi connectivity index (χ1) is 13.9. The van der Waals surface area contributed by atoms with Gasteiger partial charge < -0.3 is 14.8 Å². The molecule has 0 aliphatic rings. The summed E-state index contributed by atoms with van der Waals surface area (Å²) in [7, 11) is -2.51. The second kappa shape index (κ2) is 11.2. The first-order valence-corrected chi connectivity index (χ1v) is 10.8. The minimum absolute atomic E-state index is 0.0348. The van der Waals surface area contributed by atoms with Crippen molar-refractivity contribution in [2.24, 2.45) is 0 Å². The van der Waals surface area contributed by atoms with Crippen LogP contribution in [0.25, 0.3) is 0 Å². The van der Waals surface area contributed by atoms with Gasteiger partial charge in [-0.15, -0.1) is 0 Å². The molecule has 8 heteroatoms. The topological polar surface area (TPSA) is 98.8 Å². The van der Waals surface area contributed by atoms with Crippen LogP contribution in [0.1, 0.15) is 31.2 Å². The number of carbonyl (C=O) groups excluding carboxylic acids is 2. The van der Waals surface area contributed by atoms with Gasteiger partial charge in [-0.2, -0.15) is 0 Å². The molecule has 0 radical (unpaired) electrons. The highest BCUT2D eigenvalue weighted by molar-refractivity contribution is 7.92. The lowest BCUT2D eigenvalue weighted by Crippen LogP contribution is -2.41. The van der Waals surface area contributed by atoms with Crippen molar-refractivity contribution in [2.45, 2.75) is 42.6 Å². The predicted molar refractivity (Wildman–Crippen MR) is 108 cm³/mol. The van der Waals surface area contributed by atoms with E-state index < -0.39 is 21.3 Å². The first-order valence-electron chi connectivity index (χ1n) is 9.26. The standard InChI is InChI=1S/C21H25NO6S/c1-27-20(23)15-9-8-14-19(29(25,26)18-12-6-3-7-13-18)22-21(24)28-16-17-10-4-2-5-11-17/h2-7,10-13,19H,8-9,14-16H2,1H3,(H,22,24). The Bertz CT molecular complexity index is 884. The van der Waals surface area contributed by atoms with Gasteiger partial charge in [0, 0.05) is 6.42 Å². The monoisotopic (exact) mass is 419 g/mol. The number of rotatable bonds is 10. The van der Waals surface area contributed by atoms with Gasteiger partial charge in [0.25, 0.3) is 0 Å². The van der Waals surface area contributed by atoms with Crippen molar-refractivity contribution in [3.05, 3.63) is 66.2 Å². The van der Waals surface area contributed by atoms with Crippen LogP contribution in [0, 0.1) is 0 Å². The molecule has 1 unspecified atom stereocenters. The van der Waals surface area contributed by atoms with Gasteiger partial charge in [0.1, 0.15) is 12.0 Å². The Morgan fingerprint density at radius 2 is 1.59 bits per heavy atom. The number of carbonyl (C=O) groups is 2. The van der Waals surface area contributed by atoms with Crippen molar-refractivity contribution in [2.75, 3.05) is 7.11 Å². The van der Waals surface area contributed by atoms with E-state index in [-0.39, 0.29) is 30.3 Å². The molecule has 0 fully saturated rings. The van der Waals surface area contributed by atoms with Crippen LogP contribution in [0.15, 0.2) is 65.6 Å². The molecule has 2 aromatic rings. The number of esters is 1. The molecule has 0 aliphatic heterocycles. The van der Waals surface area contributed by atoms with Crippen molar-refractivity contribution in [1.82, 2.24) is 5.32 Å². The number of ether oxygens (including phenoxy) is 2. The van der Waals surface area contributed by atoms with Crippen molar-refractivity contribution in [3.8, 4) is 0 Å². The zero-order chi connectivity index (χ0) is 21.1. The number of nitrogens with one attached hydrogen (secondary N) is 1. The average Bonchev–Trinajstić information content (AvgIpc) is 2.75. The number of unbranched alkanes of at least 4 members (excludes halogenated alkanes) is 1. The summed E-state index contributed by atoms with van der Waals surface area (Å²) >= 11 is 0. The van der Waals surface area contributed by atoms with Gasteiger partial charge in [-0.3, -0.25) is 4.79 Å². The van der Waals surface area contributed by atoms with Crippen LogP contribution in [0.3, 0.4) is 0 Å². The lowest BCUT2D eigenvalue weighted by atomic mass is 10.2. The van der Waals surface area contributed by atoms with E-state index >= 15 is 0 Å². The molecular formula is C21H25NO6S. The quantitative estimate of drug-likeness (QED) is 0.468. The summed E-state index contributed by atoms with van der Waals surface area (Å²) in [4.78, 5) is 23.6. The average molecular weight is 419 g/mol. The Balaban J connectivity index is 2.03. The second-order valence-corrected chi connectivity index (χ2v) is 8.51. The predicted octanol–water partition coefficient (Wildman–Crippen LogP) is 3.45. The van der Waals surface area contributed by atoms with Crippen LogP contribution in [-0.2, 0) is 30.7 Å². The molecule has 2 rings (SSSR count). The number of methoxy groups -OCH3 is 1. The van der Waals surface area contributed by atoms with Crippen molar-refractivity contribution < 1.29 is 27.5 Å². The van der Waals surface area contributed by atoms with Gasteiger partial charge in [-0.1, -0.05) is 48.5 Å². The molecule has 1 N–H and O–H groups in total. The molecule has 156 valence electrons. The Morgan fingerprint density at radius 3 is 2.21 bits per heavy atom. The largest absolute Gasteiger partial charge is 0.469 e. The van der Waals surface area contributed by atoms with Crippen LogP contribution < -0.4 is 5.32 Å². The molecule has 2 aromatic carbocycles. The van der Waals surface area contributed by atoms with E-state index in [0.29, 0.717) is 12.8 Å². The molecule has 29 heavy (non-hydrogen) atoms. The fraction of sp³-hybridized carbons (Fsp3) is 0.333. The second-order valence-electron chi connectivity index (χ2n) is 6.37. The third-order valence-corrected chi connectivity index (χ3v) is 6.29. The van der Waals surface area contributed by atoms with Crippen LogP contribution >= 0.6 is 0 Å². The number of benzene rings is 2. The highest BCUT2D eigenvalue weighted by atomic mass is 32.2. The maximum absolute atomic E-state index is 13.0. The minimum Gasteiger partial charge on any atom is -0.469 e. The Morgan fingerprint density at radius 1 is 0.966 bits per heavy atom. The van der Waals surface area contributed by atoms with Gasteiger partial charge >= 0.3 is 12.1 Å². The lowest BCUT2D eigenvalue weighted by molar-refractivity contribution is -0.140. The molecule has 0 bridgehead atoms. The van der Waals surface area contributed by atoms with E-state index in [2.05, 4.69) is 10.1 Å². The van der Waals surface area contributed by atoms with E-state index in [0.717, 1.165) is 5.56 Å². The van der Waals surface area contributed by atoms with Crippen molar-refractivity contribution in [1.29, 1.82) is 0 Å². The SMILES string of the molecule is COC(=O)CCCCC(NC(=O)OCc1ccccc1)S(=O)(=O)c1ccccc1. The first kappa shape index (κ1) is 22.4. The van der Waals surface area contributed by atoms with E-state index in [1.807, 2.05) is 18.2 Å². The van der Waals surface area contributed by atoms with Crippen LogP contribution in [0.5, 0.6) is 0 Å². The molecule has 0 aromatic heterocycles. The minimum atomic E-state index is -3.81. The lowest BCUT2D eigenvalue weighted by Gasteiger charge is -2.19. The molecule has 0 saturated heterocycles. The van der Waals surface area contributed by atoms with E-state index in [4.69, 9.17) is 4.74 Å². The summed E-state index contributed by atoms with van der Waals surface area (Å²) in [6.45, 7) is 0.0348. The molecule has 7 nitrogen and oxygen atoms in total. The van der Waals surface area contributed by atoms with Gasteiger partial charge in [0.15, 0.2) is 9.84 Å². The van der Waals surface area contributed by atoms with Gasteiger partial charge in [0.2, 0.25) is 0 Å². The zero-order valence-corrected chi connectivity index (χ0v) is 17.1. The fourth-order valence-electron chi connectivity index (χ4n) is 2.68. The summed E-state index contributed by atoms with van der Waals surface area (Å²) in [6.07, 6.45) is 0.395. The van der Waals surface area contributed by atoms with Crippen molar-refractivity contribution >= 4 is 21.9 Å². The van der Waals surface area contributed by atoms with Crippen LogP contribution in [0.2, 0.25) is 0 Å². The summed E-state index contributed by atoms with van der Waals surface area (Å²) in [5.74, 6) is -0.359. The molecular weight excluding hydrogens is 394 g/mol. The highest BCUT2D eigenvalue weighted by Gasteiger charge is 2.29. The smallest absolute Gasteiger partial charge is 0.408 e. The maximum Gasteiger partial charge on any atom is 0.408 e. The number of alkyl carbamates (subject to hydrolysis) is 1.